The highest BCUT2D eigenvalue weighted by Crippen LogP contribution is 2.55. The van der Waals surface area contributed by atoms with Crippen LogP contribution in [0.25, 0.3) is 5.57 Å². The summed E-state index contributed by atoms with van der Waals surface area (Å²) in [6.07, 6.45) is 4.49. The molecule has 0 N–H and O–H groups in total. The van der Waals surface area contributed by atoms with Gasteiger partial charge < -0.3 is 4.74 Å². The highest BCUT2D eigenvalue weighted by molar-refractivity contribution is 5.82. The lowest BCUT2D eigenvalue weighted by Gasteiger charge is -2.38. The molecule has 4 rings (SSSR count). The van der Waals surface area contributed by atoms with E-state index in [2.05, 4.69) is 54.5 Å². The van der Waals surface area contributed by atoms with E-state index in [-0.39, 0.29) is 5.54 Å². The van der Waals surface area contributed by atoms with Crippen LogP contribution in [0.1, 0.15) is 24.0 Å². The highest BCUT2D eigenvalue weighted by Gasteiger charge is 2.54. The maximum absolute atomic E-state index is 6.02. The van der Waals surface area contributed by atoms with Crippen molar-refractivity contribution in [1.29, 1.82) is 0 Å². The van der Waals surface area contributed by atoms with Gasteiger partial charge in [-0.25, -0.2) is 5.06 Å². The van der Waals surface area contributed by atoms with Gasteiger partial charge in [-0.2, -0.15) is 0 Å². The molecule has 2 aliphatic rings. The summed E-state index contributed by atoms with van der Waals surface area (Å²) in [6.45, 7) is 2.79. The zero-order chi connectivity index (χ0) is 15.9. The number of aryl methyl sites for hydroxylation is 1. The molecular weight excluding hydrogens is 286 g/mol. The van der Waals surface area contributed by atoms with Crippen LogP contribution in [0, 0.1) is 6.92 Å². The Hall–Kier alpha value is -2.26. The van der Waals surface area contributed by atoms with Gasteiger partial charge in [-0.05, 0) is 60.7 Å². The molecule has 0 aromatic heterocycles. The van der Waals surface area contributed by atoms with E-state index in [9.17, 15) is 0 Å². The minimum Gasteiger partial charge on any atom is -0.497 e. The van der Waals surface area contributed by atoms with Crippen LogP contribution in [-0.4, -0.2) is 19.3 Å². The quantitative estimate of drug-likeness (QED) is 0.840. The fraction of sp³-hybridized carbons (Fsp3) is 0.300. The molecule has 0 amide bonds. The first kappa shape index (κ1) is 14.3. The lowest BCUT2D eigenvalue weighted by atomic mass is 9.91. The van der Waals surface area contributed by atoms with Gasteiger partial charge in [-0.3, -0.25) is 4.84 Å². The molecule has 0 atom stereocenters. The van der Waals surface area contributed by atoms with Crippen LogP contribution in [-0.2, 0) is 4.84 Å². The van der Waals surface area contributed by atoms with Gasteiger partial charge in [-0.1, -0.05) is 30.3 Å². The largest absolute Gasteiger partial charge is 0.497 e. The number of methoxy groups -OCH3 is 1. The van der Waals surface area contributed by atoms with Crippen molar-refractivity contribution in [3.63, 3.8) is 0 Å². The van der Waals surface area contributed by atoms with Gasteiger partial charge in [0, 0.05) is 0 Å². The third-order valence-corrected chi connectivity index (χ3v) is 4.85. The minimum atomic E-state index is -0.0149. The van der Waals surface area contributed by atoms with Gasteiger partial charge in [0.2, 0.25) is 0 Å². The molecule has 3 heteroatoms. The van der Waals surface area contributed by atoms with Crippen molar-refractivity contribution >= 4 is 11.3 Å². The molecule has 1 heterocycles. The van der Waals surface area contributed by atoms with Gasteiger partial charge in [0.1, 0.15) is 5.75 Å². The molecule has 1 saturated carbocycles. The van der Waals surface area contributed by atoms with Gasteiger partial charge in [0.25, 0.3) is 0 Å². The van der Waals surface area contributed by atoms with Crippen LogP contribution >= 0.6 is 0 Å². The van der Waals surface area contributed by atoms with Crippen molar-refractivity contribution < 1.29 is 9.57 Å². The van der Waals surface area contributed by atoms with Crippen LogP contribution in [0.4, 0.5) is 5.69 Å². The average molecular weight is 307 g/mol. The van der Waals surface area contributed by atoms with E-state index in [1.165, 1.54) is 16.7 Å². The molecule has 0 saturated heterocycles. The number of rotatable bonds is 3. The van der Waals surface area contributed by atoms with Crippen molar-refractivity contribution in [3.8, 4) is 5.75 Å². The zero-order valence-electron chi connectivity index (χ0n) is 13.6. The molecule has 2 aromatic carbocycles. The van der Waals surface area contributed by atoms with Crippen LogP contribution in [0.3, 0.4) is 0 Å². The molecule has 1 fully saturated rings. The normalized spacial score (nSPS) is 18.7. The Kier molecular flexibility index (Phi) is 3.38. The first-order chi connectivity index (χ1) is 11.2. The highest BCUT2D eigenvalue weighted by atomic mass is 16.7. The number of benzene rings is 2. The summed E-state index contributed by atoms with van der Waals surface area (Å²) in [7, 11) is 1.69. The van der Waals surface area contributed by atoms with Crippen molar-refractivity contribution in [2.75, 3.05) is 18.8 Å². The number of nitrogens with zero attached hydrogens (tertiary/aromatic N) is 1. The Labute approximate surface area is 137 Å². The molecule has 3 nitrogen and oxygen atoms in total. The van der Waals surface area contributed by atoms with Gasteiger partial charge in [0.15, 0.2) is 0 Å². The summed E-state index contributed by atoms with van der Waals surface area (Å²) in [6, 6.07) is 16.7. The predicted molar refractivity (Wildman–Crippen MR) is 92.5 cm³/mol. The van der Waals surface area contributed by atoms with E-state index in [1.807, 2.05) is 12.1 Å². The van der Waals surface area contributed by atoms with Crippen molar-refractivity contribution in [2.45, 2.75) is 25.3 Å². The van der Waals surface area contributed by atoms with Gasteiger partial charge in [-0.15, -0.1) is 0 Å². The number of hydrogen-bond donors (Lipinski definition) is 0. The summed E-state index contributed by atoms with van der Waals surface area (Å²) in [4.78, 5) is 6.02. The smallest absolute Gasteiger partial charge is 0.119 e. The maximum atomic E-state index is 6.02. The Morgan fingerprint density at radius 1 is 1.04 bits per heavy atom. The second-order valence-electron chi connectivity index (χ2n) is 6.25. The molecule has 1 aliphatic carbocycles. The standard InChI is InChI=1S/C20H21NO2/c1-15-5-3-4-6-18(15)19-11-14-23-21(20(19)12-13-20)16-7-9-17(22-2)10-8-16/h3-11H,12-14H2,1-2H3. The van der Waals surface area contributed by atoms with Crippen molar-refractivity contribution in [2.24, 2.45) is 0 Å². The maximum Gasteiger partial charge on any atom is 0.119 e. The lowest BCUT2D eigenvalue weighted by molar-refractivity contribution is 0.107. The van der Waals surface area contributed by atoms with Crippen LogP contribution in [0.2, 0.25) is 0 Å². The molecule has 2 aromatic rings. The Morgan fingerprint density at radius 2 is 1.78 bits per heavy atom. The second-order valence-corrected chi connectivity index (χ2v) is 6.25. The SMILES string of the molecule is COc1ccc(N2OCC=C(c3ccccc3C)C23CC3)cc1. The van der Waals surface area contributed by atoms with Gasteiger partial charge >= 0.3 is 0 Å². The first-order valence-corrected chi connectivity index (χ1v) is 8.08. The number of ether oxygens (including phenoxy) is 1. The summed E-state index contributed by atoms with van der Waals surface area (Å²) in [5.74, 6) is 0.866. The molecule has 1 aliphatic heterocycles. The zero-order valence-corrected chi connectivity index (χ0v) is 13.6. The second kappa shape index (κ2) is 5.43. The minimum absolute atomic E-state index is 0.0149. The van der Waals surface area contributed by atoms with E-state index in [4.69, 9.17) is 9.57 Å². The topological polar surface area (TPSA) is 21.7 Å². The lowest BCUT2D eigenvalue weighted by Crippen LogP contribution is -2.41. The first-order valence-electron chi connectivity index (χ1n) is 8.08. The van der Waals surface area contributed by atoms with Crippen molar-refractivity contribution in [3.05, 3.63) is 65.7 Å². The van der Waals surface area contributed by atoms with Crippen molar-refractivity contribution in [1.82, 2.24) is 0 Å². The molecule has 23 heavy (non-hydrogen) atoms. The molecule has 0 bridgehead atoms. The summed E-state index contributed by atoms with van der Waals surface area (Å²) < 4.78 is 5.26. The van der Waals surface area contributed by atoms with E-state index < -0.39 is 0 Å². The van der Waals surface area contributed by atoms with Crippen LogP contribution in [0.5, 0.6) is 5.75 Å². The number of hydrogen-bond acceptors (Lipinski definition) is 3. The Morgan fingerprint density at radius 3 is 2.43 bits per heavy atom. The van der Waals surface area contributed by atoms with E-state index >= 15 is 0 Å². The van der Waals surface area contributed by atoms with E-state index in [1.54, 1.807) is 7.11 Å². The van der Waals surface area contributed by atoms with Crippen LogP contribution < -0.4 is 9.80 Å². The summed E-state index contributed by atoms with van der Waals surface area (Å²) in [5.41, 5.74) is 5.13. The number of hydroxylamine groups is 1. The van der Waals surface area contributed by atoms with Gasteiger partial charge in [0.05, 0.1) is 24.9 Å². The van der Waals surface area contributed by atoms with Crippen LogP contribution in [0.15, 0.2) is 54.6 Å². The third kappa shape index (κ3) is 2.32. The fourth-order valence-corrected chi connectivity index (χ4v) is 3.48. The predicted octanol–water partition coefficient (Wildman–Crippen LogP) is 4.37. The molecule has 0 radical (unpaired) electrons. The monoisotopic (exact) mass is 307 g/mol. The summed E-state index contributed by atoms with van der Waals surface area (Å²) >= 11 is 0. The molecule has 1 spiro atoms. The molecular formula is C20H21NO2. The van der Waals surface area contributed by atoms with E-state index in [0.29, 0.717) is 6.61 Å². The fourth-order valence-electron chi connectivity index (χ4n) is 3.48. The third-order valence-electron chi connectivity index (χ3n) is 4.85. The van der Waals surface area contributed by atoms with E-state index in [0.717, 1.165) is 24.3 Å². The Bertz CT molecular complexity index is 744. The summed E-state index contributed by atoms with van der Waals surface area (Å²) in [5, 5.41) is 2.11. The molecule has 0 unspecified atom stereocenters. The Balaban J connectivity index is 1.72. The molecule has 118 valence electrons. The number of anilines is 1. The average Bonchev–Trinajstić information content (AvgIpc) is 3.37.